The van der Waals surface area contributed by atoms with Gasteiger partial charge in [-0.15, -0.1) is 0 Å². The Labute approximate surface area is 143 Å². The average Bonchev–Trinajstić information content (AvgIpc) is 3.31. The summed E-state index contributed by atoms with van der Waals surface area (Å²) >= 11 is 0. The first-order chi connectivity index (χ1) is 12.0. The van der Waals surface area contributed by atoms with E-state index < -0.39 is 17.3 Å². The highest BCUT2D eigenvalue weighted by atomic mass is 19.1. The zero-order valence-corrected chi connectivity index (χ0v) is 13.7. The molecule has 3 heterocycles. The normalized spacial score (nSPS) is 20.4. The van der Waals surface area contributed by atoms with E-state index >= 15 is 0 Å². The van der Waals surface area contributed by atoms with Crippen molar-refractivity contribution in [2.24, 2.45) is 11.7 Å². The number of carboxylic acids is 1. The van der Waals surface area contributed by atoms with E-state index in [4.69, 9.17) is 5.73 Å². The maximum Gasteiger partial charge on any atom is 0.341 e. The molecule has 0 radical (unpaired) electrons. The van der Waals surface area contributed by atoms with E-state index in [0.29, 0.717) is 30.2 Å². The molecule has 2 aromatic rings. The summed E-state index contributed by atoms with van der Waals surface area (Å²) in [4.78, 5) is 25.8. The van der Waals surface area contributed by atoms with Gasteiger partial charge < -0.3 is 15.7 Å². The quantitative estimate of drug-likeness (QED) is 0.882. The van der Waals surface area contributed by atoms with Gasteiger partial charge in [-0.05, 0) is 55.3 Å². The Bertz CT molecular complexity index is 920. The van der Waals surface area contributed by atoms with Crippen LogP contribution in [0.1, 0.15) is 41.1 Å². The molecule has 0 bridgehead atoms. The molecule has 25 heavy (non-hydrogen) atoms. The smallest absolute Gasteiger partial charge is 0.341 e. The Balaban J connectivity index is 1.90. The molecule has 2 aliphatic rings. The minimum absolute atomic E-state index is 0.238. The number of nitrogens with two attached hydrogens (primary N) is 1. The number of aromatic nitrogens is 1. The average molecular weight is 345 g/mol. The predicted molar refractivity (Wildman–Crippen MR) is 91.9 cm³/mol. The zero-order valence-electron chi connectivity index (χ0n) is 13.7. The molecule has 2 aromatic heterocycles. The Morgan fingerprint density at radius 1 is 1.32 bits per heavy atom. The first-order valence-corrected chi connectivity index (χ1v) is 8.56. The van der Waals surface area contributed by atoms with Gasteiger partial charge in [0.05, 0.1) is 17.4 Å². The number of nitrogens with zero attached hydrogens (tertiary/aromatic N) is 2. The molecule has 1 saturated heterocycles. The fourth-order valence-corrected chi connectivity index (χ4v) is 3.69. The third kappa shape index (κ3) is 2.68. The van der Waals surface area contributed by atoms with Crippen LogP contribution < -0.4 is 16.2 Å². The third-order valence-electron chi connectivity index (χ3n) is 5.27. The minimum Gasteiger partial charge on any atom is -0.477 e. The lowest BCUT2D eigenvalue weighted by Gasteiger charge is -2.21. The lowest BCUT2D eigenvalue weighted by Crippen LogP contribution is -2.26. The molecule has 1 saturated carbocycles. The van der Waals surface area contributed by atoms with E-state index in [1.807, 2.05) is 4.90 Å². The third-order valence-corrected chi connectivity index (χ3v) is 5.27. The summed E-state index contributed by atoms with van der Waals surface area (Å²) in [6.07, 6.45) is 3.96. The summed E-state index contributed by atoms with van der Waals surface area (Å²) < 4.78 is 15.8. The van der Waals surface area contributed by atoms with Gasteiger partial charge in [-0.3, -0.25) is 9.20 Å². The highest BCUT2D eigenvalue weighted by Crippen LogP contribution is 2.42. The molecular formula is C18H20FN3O3. The summed E-state index contributed by atoms with van der Waals surface area (Å²) in [5.41, 5.74) is 6.59. The lowest BCUT2D eigenvalue weighted by molar-refractivity contribution is 0.0694. The second-order valence-corrected chi connectivity index (χ2v) is 7.00. The van der Waals surface area contributed by atoms with Crippen molar-refractivity contribution < 1.29 is 14.3 Å². The van der Waals surface area contributed by atoms with E-state index in [2.05, 4.69) is 0 Å². The van der Waals surface area contributed by atoms with Crippen molar-refractivity contribution in [3.05, 3.63) is 45.6 Å². The Kier molecular flexibility index (Phi) is 3.76. The summed E-state index contributed by atoms with van der Waals surface area (Å²) in [5.74, 6) is -1.22. The highest BCUT2D eigenvalue weighted by Gasteiger charge is 2.30. The molecule has 1 atom stereocenters. The van der Waals surface area contributed by atoms with Crippen molar-refractivity contribution in [1.82, 2.24) is 4.40 Å². The van der Waals surface area contributed by atoms with Crippen LogP contribution in [-0.2, 0) is 0 Å². The number of halogens is 1. The fraction of sp³-hybridized carbons (Fsp3) is 0.444. The molecule has 0 aromatic carbocycles. The second-order valence-electron chi connectivity index (χ2n) is 7.00. The lowest BCUT2D eigenvalue weighted by atomic mass is 10.1. The summed E-state index contributed by atoms with van der Waals surface area (Å²) in [5, 5.41) is 9.28. The molecule has 0 amide bonds. The molecule has 3 N–H and O–H groups in total. The Morgan fingerprint density at radius 2 is 2.08 bits per heavy atom. The van der Waals surface area contributed by atoms with Crippen LogP contribution in [-0.4, -0.2) is 35.1 Å². The van der Waals surface area contributed by atoms with E-state index in [1.54, 1.807) is 6.07 Å². The predicted octanol–water partition coefficient (Wildman–Crippen LogP) is 1.80. The van der Waals surface area contributed by atoms with Crippen LogP contribution in [0, 0.1) is 11.7 Å². The summed E-state index contributed by atoms with van der Waals surface area (Å²) in [6.45, 7) is 1.99. The molecule has 132 valence electrons. The van der Waals surface area contributed by atoms with Crippen molar-refractivity contribution in [3.8, 4) is 0 Å². The maximum atomic E-state index is 14.7. The molecule has 1 aliphatic carbocycles. The van der Waals surface area contributed by atoms with Gasteiger partial charge >= 0.3 is 5.97 Å². The monoisotopic (exact) mass is 345 g/mol. The number of carboxylic acid groups (broad SMARTS) is 1. The standard InChI is InChI=1S/C18H20FN3O3/c19-14-9-22-15(6-16(14)21-4-3-10(7-20)8-21)12(11-1-2-11)5-13(17(22)23)18(24)25/h5-6,9-11H,1-4,7-8,20H2,(H,24,25). The van der Waals surface area contributed by atoms with Gasteiger partial charge in [0.1, 0.15) is 5.56 Å². The van der Waals surface area contributed by atoms with E-state index in [1.165, 1.54) is 6.07 Å². The van der Waals surface area contributed by atoms with Crippen molar-refractivity contribution in [2.45, 2.75) is 25.2 Å². The SMILES string of the molecule is NCC1CCN(c2cc3c(C4CC4)cc(C(=O)O)c(=O)n3cc2F)C1. The van der Waals surface area contributed by atoms with Crippen LogP contribution in [0.15, 0.2) is 23.1 Å². The molecular weight excluding hydrogens is 325 g/mol. The first-order valence-electron chi connectivity index (χ1n) is 8.56. The number of hydrogen-bond acceptors (Lipinski definition) is 4. The number of fused-ring (bicyclic) bond motifs is 1. The van der Waals surface area contributed by atoms with Gasteiger partial charge in [0, 0.05) is 13.1 Å². The summed E-state index contributed by atoms with van der Waals surface area (Å²) in [7, 11) is 0. The van der Waals surface area contributed by atoms with Crippen LogP contribution in [0.25, 0.3) is 5.52 Å². The Hall–Kier alpha value is -2.41. The van der Waals surface area contributed by atoms with Crippen molar-refractivity contribution in [3.63, 3.8) is 0 Å². The number of pyridine rings is 2. The fourth-order valence-electron chi connectivity index (χ4n) is 3.69. The molecule has 6 nitrogen and oxygen atoms in total. The van der Waals surface area contributed by atoms with Gasteiger partial charge in [0.15, 0.2) is 5.82 Å². The molecule has 0 spiro atoms. The molecule has 7 heteroatoms. The van der Waals surface area contributed by atoms with Gasteiger partial charge in [-0.1, -0.05) is 0 Å². The van der Waals surface area contributed by atoms with Crippen LogP contribution >= 0.6 is 0 Å². The highest BCUT2D eigenvalue weighted by molar-refractivity contribution is 5.88. The number of carbonyl (C=O) groups is 1. The van der Waals surface area contributed by atoms with Gasteiger partial charge in [-0.25, -0.2) is 9.18 Å². The van der Waals surface area contributed by atoms with Crippen molar-refractivity contribution in [1.29, 1.82) is 0 Å². The van der Waals surface area contributed by atoms with E-state index in [0.717, 1.165) is 42.0 Å². The zero-order chi connectivity index (χ0) is 17.7. The van der Waals surface area contributed by atoms with Crippen LogP contribution in [0.5, 0.6) is 0 Å². The van der Waals surface area contributed by atoms with E-state index in [-0.39, 0.29) is 11.5 Å². The first kappa shape index (κ1) is 16.1. The van der Waals surface area contributed by atoms with Gasteiger partial charge in [-0.2, -0.15) is 0 Å². The molecule has 1 unspecified atom stereocenters. The number of anilines is 1. The van der Waals surface area contributed by atoms with Crippen LogP contribution in [0.4, 0.5) is 10.1 Å². The summed E-state index contributed by atoms with van der Waals surface area (Å²) in [6, 6.07) is 3.15. The molecule has 1 aliphatic heterocycles. The van der Waals surface area contributed by atoms with Crippen molar-refractivity contribution >= 4 is 17.2 Å². The van der Waals surface area contributed by atoms with Crippen LogP contribution in [0.2, 0.25) is 0 Å². The van der Waals surface area contributed by atoms with Gasteiger partial charge in [0.2, 0.25) is 0 Å². The largest absolute Gasteiger partial charge is 0.477 e. The molecule has 4 rings (SSSR count). The van der Waals surface area contributed by atoms with Crippen LogP contribution in [0.3, 0.4) is 0 Å². The minimum atomic E-state index is -1.28. The van der Waals surface area contributed by atoms with E-state index in [9.17, 15) is 19.1 Å². The number of hydrogen-bond donors (Lipinski definition) is 2. The number of aromatic carboxylic acids is 1. The van der Waals surface area contributed by atoms with Gasteiger partial charge in [0.25, 0.3) is 5.56 Å². The second kappa shape index (κ2) is 5.84. The topological polar surface area (TPSA) is 88.0 Å². The Morgan fingerprint density at radius 3 is 2.68 bits per heavy atom. The maximum absolute atomic E-state index is 14.7. The van der Waals surface area contributed by atoms with Crippen molar-refractivity contribution in [2.75, 3.05) is 24.5 Å². The molecule has 2 fully saturated rings. The number of rotatable bonds is 4.